The third kappa shape index (κ3) is 5.78. The van der Waals surface area contributed by atoms with E-state index in [1.165, 1.54) is 23.1 Å². The number of hydrogen-bond acceptors (Lipinski definition) is 1. The first-order valence-electron chi connectivity index (χ1n) is 6.16. The molecule has 90 valence electrons. The minimum Gasteiger partial charge on any atom is -0.327 e. The molecule has 1 aliphatic rings. The van der Waals surface area contributed by atoms with Crippen molar-refractivity contribution in [3.05, 3.63) is 22.8 Å². The van der Waals surface area contributed by atoms with Crippen molar-refractivity contribution in [3.63, 3.8) is 0 Å². The van der Waals surface area contributed by atoms with Crippen LogP contribution in [0.1, 0.15) is 54.9 Å². The lowest BCUT2D eigenvalue weighted by Crippen LogP contribution is -2.08. The van der Waals surface area contributed by atoms with Crippen LogP contribution in [0.3, 0.4) is 0 Å². The Bertz CT molecular complexity index is 211. The van der Waals surface area contributed by atoms with Gasteiger partial charge in [0, 0.05) is 6.54 Å². The van der Waals surface area contributed by atoms with Crippen molar-refractivity contribution in [1.29, 1.82) is 0 Å². The van der Waals surface area contributed by atoms with Crippen molar-refractivity contribution in [3.8, 4) is 0 Å². The van der Waals surface area contributed by atoms with E-state index in [2.05, 4.69) is 40.7 Å². The summed E-state index contributed by atoms with van der Waals surface area (Å²) in [7, 11) is 0. The van der Waals surface area contributed by atoms with Crippen molar-refractivity contribution in [2.24, 2.45) is 11.7 Å². The lowest BCUT2D eigenvalue weighted by Gasteiger charge is -2.08. The molecule has 0 aromatic rings. The van der Waals surface area contributed by atoms with Crippen LogP contribution >= 0.6 is 0 Å². The Morgan fingerprint density at radius 2 is 1.60 bits per heavy atom. The molecule has 0 aromatic carbocycles. The average Bonchev–Trinajstić information content (AvgIpc) is 2.50. The fourth-order valence-electron chi connectivity index (χ4n) is 1.37. The molecule has 1 aliphatic carbocycles. The lowest BCUT2D eigenvalue weighted by molar-refractivity contribution is 0.792. The number of nitrogens with two attached hydrogens (primary N) is 1. The number of rotatable bonds is 1. The van der Waals surface area contributed by atoms with Gasteiger partial charge in [-0.15, -0.1) is 0 Å². The molecule has 1 rings (SSSR count). The van der Waals surface area contributed by atoms with E-state index < -0.39 is 0 Å². The van der Waals surface area contributed by atoms with Gasteiger partial charge in [0.1, 0.15) is 0 Å². The molecule has 0 radical (unpaired) electrons. The Hall–Kier alpha value is -0.560. The monoisotopic (exact) mass is 211 g/mol. The van der Waals surface area contributed by atoms with E-state index >= 15 is 0 Å². The highest BCUT2D eigenvalue weighted by molar-refractivity contribution is 5.39. The SMILES string of the molecule is CC.CC1=C(C)C(C)C(CN)=C1.CCC. The maximum Gasteiger partial charge on any atom is 0.0145 e. The third-order valence-electron chi connectivity index (χ3n) is 2.47. The van der Waals surface area contributed by atoms with E-state index in [0.29, 0.717) is 12.5 Å². The van der Waals surface area contributed by atoms with Gasteiger partial charge in [0.2, 0.25) is 0 Å². The molecule has 0 aliphatic heterocycles. The van der Waals surface area contributed by atoms with Gasteiger partial charge in [-0.05, 0) is 25.3 Å². The standard InChI is InChI=1S/C9H15N.C3H8.C2H6/c1-6-4-9(5-10)8(3)7(6)2;1-3-2;1-2/h4,8H,5,10H2,1-3H3;3H2,1-2H3;1-2H3. The normalized spacial score (nSPS) is 18.7. The predicted octanol–water partition coefficient (Wildman–Crippen LogP) is 4.30. The molecule has 0 saturated carbocycles. The van der Waals surface area contributed by atoms with Crippen molar-refractivity contribution in [2.75, 3.05) is 6.54 Å². The first kappa shape index (κ1) is 16.9. The van der Waals surface area contributed by atoms with Crippen LogP contribution in [-0.2, 0) is 0 Å². The van der Waals surface area contributed by atoms with Crippen LogP contribution in [0, 0.1) is 5.92 Å². The van der Waals surface area contributed by atoms with Crippen molar-refractivity contribution < 1.29 is 0 Å². The Labute approximate surface area is 96.5 Å². The second-order valence-corrected chi connectivity index (χ2v) is 3.72. The summed E-state index contributed by atoms with van der Waals surface area (Å²) >= 11 is 0. The molecule has 0 bridgehead atoms. The van der Waals surface area contributed by atoms with Crippen LogP contribution in [0.4, 0.5) is 0 Å². The second kappa shape index (κ2) is 9.97. The molecular formula is C14H29N. The minimum absolute atomic E-state index is 0.588. The summed E-state index contributed by atoms with van der Waals surface area (Å²) in [6, 6.07) is 0. The topological polar surface area (TPSA) is 26.0 Å². The summed E-state index contributed by atoms with van der Waals surface area (Å²) in [6.07, 6.45) is 3.46. The van der Waals surface area contributed by atoms with Crippen LogP contribution in [-0.4, -0.2) is 6.54 Å². The molecular weight excluding hydrogens is 182 g/mol. The number of hydrogen-bond donors (Lipinski definition) is 1. The summed E-state index contributed by atoms with van der Waals surface area (Å²) in [5.41, 5.74) is 9.79. The van der Waals surface area contributed by atoms with Crippen LogP contribution in [0.5, 0.6) is 0 Å². The second-order valence-electron chi connectivity index (χ2n) is 3.72. The van der Waals surface area contributed by atoms with Gasteiger partial charge in [0.25, 0.3) is 0 Å². The summed E-state index contributed by atoms with van der Waals surface area (Å²) in [5, 5.41) is 0. The highest BCUT2D eigenvalue weighted by Gasteiger charge is 2.16. The Kier molecular flexibility index (Phi) is 11.2. The molecule has 0 spiro atoms. The minimum atomic E-state index is 0.588. The summed E-state index contributed by atoms with van der Waals surface area (Å²) in [6.45, 7) is 15.5. The zero-order valence-electron chi connectivity index (χ0n) is 11.6. The first-order valence-corrected chi connectivity index (χ1v) is 6.16. The fourth-order valence-corrected chi connectivity index (χ4v) is 1.37. The van der Waals surface area contributed by atoms with Gasteiger partial charge in [-0.1, -0.05) is 58.3 Å². The van der Waals surface area contributed by atoms with Gasteiger partial charge in [-0.25, -0.2) is 0 Å². The molecule has 0 heterocycles. The van der Waals surface area contributed by atoms with Crippen molar-refractivity contribution in [1.82, 2.24) is 0 Å². The zero-order chi connectivity index (χ0) is 12.4. The first-order chi connectivity index (χ1) is 7.08. The predicted molar refractivity (Wildman–Crippen MR) is 72.0 cm³/mol. The summed E-state index contributed by atoms with van der Waals surface area (Å²) in [5.74, 6) is 0.588. The molecule has 1 heteroatoms. The Morgan fingerprint density at radius 1 is 1.20 bits per heavy atom. The molecule has 0 fully saturated rings. The maximum absolute atomic E-state index is 5.55. The smallest absolute Gasteiger partial charge is 0.0145 e. The van der Waals surface area contributed by atoms with Gasteiger partial charge in [-0.3, -0.25) is 0 Å². The molecule has 1 unspecified atom stereocenters. The quantitative estimate of drug-likeness (QED) is 0.687. The van der Waals surface area contributed by atoms with Crippen molar-refractivity contribution in [2.45, 2.75) is 54.9 Å². The largest absolute Gasteiger partial charge is 0.327 e. The molecule has 1 nitrogen and oxygen atoms in total. The van der Waals surface area contributed by atoms with E-state index in [-0.39, 0.29) is 0 Å². The summed E-state index contributed by atoms with van der Waals surface area (Å²) < 4.78 is 0. The third-order valence-corrected chi connectivity index (χ3v) is 2.47. The Balaban J connectivity index is 0. The zero-order valence-corrected chi connectivity index (χ0v) is 11.6. The highest BCUT2D eigenvalue weighted by Crippen LogP contribution is 2.29. The Morgan fingerprint density at radius 3 is 1.73 bits per heavy atom. The molecule has 2 N–H and O–H groups in total. The van der Waals surface area contributed by atoms with Gasteiger partial charge in [0.05, 0.1) is 0 Å². The average molecular weight is 211 g/mol. The molecule has 0 aromatic heterocycles. The van der Waals surface area contributed by atoms with Gasteiger partial charge < -0.3 is 5.73 Å². The number of allylic oxidation sites excluding steroid dienone is 3. The van der Waals surface area contributed by atoms with E-state index in [1.54, 1.807) is 0 Å². The van der Waals surface area contributed by atoms with Crippen molar-refractivity contribution >= 4 is 0 Å². The molecule has 0 saturated heterocycles. The van der Waals surface area contributed by atoms with E-state index in [9.17, 15) is 0 Å². The van der Waals surface area contributed by atoms with E-state index in [1.807, 2.05) is 13.8 Å². The molecule has 15 heavy (non-hydrogen) atoms. The van der Waals surface area contributed by atoms with E-state index in [4.69, 9.17) is 5.73 Å². The van der Waals surface area contributed by atoms with Gasteiger partial charge >= 0.3 is 0 Å². The highest BCUT2D eigenvalue weighted by atomic mass is 14.5. The van der Waals surface area contributed by atoms with Crippen LogP contribution in [0.15, 0.2) is 22.8 Å². The van der Waals surface area contributed by atoms with Crippen LogP contribution in [0.25, 0.3) is 0 Å². The van der Waals surface area contributed by atoms with Crippen LogP contribution < -0.4 is 5.73 Å². The fraction of sp³-hybridized carbons (Fsp3) is 0.714. The molecule has 0 amide bonds. The maximum atomic E-state index is 5.55. The van der Waals surface area contributed by atoms with Gasteiger partial charge in [0.15, 0.2) is 0 Å². The van der Waals surface area contributed by atoms with Crippen LogP contribution in [0.2, 0.25) is 0 Å². The van der Waals surface area contributed by atoms with Gasteiger partial charge in [-0.2, -0.15) is 0 Å². The van der Waals surface area contributed by atoms with E-state index in [0.717, 1.165) is 0 Å². The molecule has 1 atom stereocenters. The summed E-state index contributed by atoms with van der Waals surface area (Å²) in [4.78, 5) is 0. The lowest BCUT2D eigenvalue weighted by atomic mass is 9.99.